The Labute approximate surface area is 118 Å². The molecule has 108 valence electrons. The molecule has 0 saturated heterocycles. The number of nitrogens with zero attached hydrogens (tertiary/aromatic N) is 1. The Morgan fingerprint density at radius 3 is 2.47 bits per heavy atom. The molecule has 0 unspecified atom stereocenters. The predicted molar refractivity (Wildman–Crippen MR) is 74.3 cm³/mol. The fourth-order valence-electron chi connectivity index (χ4n) is 1.53. The standard InChI is InChI=1S/C12H18ClFN2O2S/c1-8(2)16(4)19(17,18)10-5-9(7-15-3)12(13)11(14)6-10/h5-6,8,15H,7H2,1-4H3. The second-order valence-corrected chi connectivity index (χ2v) is 6.90. The fraction of sp³-hybridized carbons (Fsp3) is 0.500. The largest absolute Gasteiger partial charge is 0.316 e. The maximum atomic E-state index is 13.7. The first-order valence-corrected chi connectivity index (χ1v) is 7.64. The molecule has 1 aromatic rings. The highest BCUT2D eigenvalue weighted by atomic mass is 35.5. The lowest BCUT2D eigenvalue weighted by Gasteiger charge is -2.21. The van der Waals surface area contributed by atoms with Crippen molar-refractivity contribution in [3.05, 3.63) is 28.5 Å². The average molecular weight is 309 g/mol. The summed E-state index contributed by atoms with van der Waals surface area (Å²) in [5.41, 5.74) is 0.417. The van der Waals surface area contributed by atoms with E-state index in [-0.39, 0.29) is 16.0 Å². The van der Waals surface area contributed by atoms with Crippen LogP contribution in [0.5, 0.6) is 0 Å². The summed E-state index contributed by atoms with van der Waals surface area (Å²) in [5.74, 6) is -0.731. The normalized spacial score (nSPS) is 12.4. The van der Waals surface area contributed by atoms with Gasteiger partial charge in [-0.15, -0.1) is 0 Å². The lowest BCUT2D eigenvalue weighted by atomic mass is 10.2. The van der Waals surface area contributed by atoms with Crippen LogP contribution in [0.2, 0.25) is 5.02 Å². The monoisotopic (exact) mass is 308 g/mol. The van der Waals surface area contributed by atoms with Gasteiger partial charge in [0.25, 0.3) is 0 Å². The third-order valence-corrected chi connectivity index (χ3v) is 5.28. The van der Waals surface area contributed by atoms with E-state index in [1.54, 1.807) is 20.9 Å². The van der Waals surface area contributed by atoms with Crippen molar-refractivity contribution in [3.63, 3.8) is 0 Å². The molecule has 1 rings (SSSR count). The fourth-order valence-corrected chi connectivity index (χ4v) is 3.14. The SMILES string of the molecule is CNCc1cc(S(=O)(=O)N(C)C(C)C)cc(F)c1Cl. The maximum Gasteiger partial charge on any atom is 0.243 e. The summed E-state index contributed by atoms with van der Waals surface area (Å²) < 4.78 is 39.5. The van der Waals surface area contributed by atoms with Crippen LogP contribution in [0.3, 0.4) is 0 Å². The Kier molecular flexibility index (Phi) is 5.32. The molecule has 0 spiro atoms. The van der Waals surface area contributed by atoms with Gasteiger partial charge in [-0.2, -0.15) is 4.31 Å². The van der Waals surface area contributed by atoms with E-state index in [0.29, 0.717) is 12.1 Å². The van der Waals surface area contributed by atoms with Crippen LogP contribution in [-0.2, 0) is 16.6 Å². The van der Waals surface area contributed by atoms with Gasteiger partial charge in [0, 0.05) is 19.6 Å². The van der Waals surface area contributed by atoms with Crippen LogP contribution < -0.4 is 5.32 Å². The molecule has 19 heavy (non-hydrogen) atoms. The summed E-state index contributed by atoms with van der Waals surface area (Å²) in [5, 5.41) is 2.77. The maximum absolute atomic E-state index is 13.7. The van der Waals surface area contributed by atoms with Crippen LogP contribution in [0.15, 0.2) is 17.0 Å². The first-order chi connectivity index (χ1) is 8.71. The first kappa shape index (κ1) is 16.4. The van der Waals surface area contributed by atoms with Gasteiger partial charge in [0.05, 0.1) is 9.92 Å². The van der Waals surface area contributed by atoms with Crippen molar-refractivity contribution in [1.29, 1.82) is 0 Å². The molecule has 7 heteroatoms. The number of hydrogen-bond acceptors (Lipinski definition) is 3. The summed E-state index contributed by atoms with van der Waals surface area (Å²) in [6.45, 7) is 3.79. The number of sulfonamides is 1. The topological polar surface area (TPSA) is 49.4 Å². The quantitative estimate of drug-likeness (QED) is 0.907. The van der Waals surface area contributed by atoms with E-state index in [1.807, 2.05) is 0 Å². The van der Waals surface area contributed by atoms with Crippen molar-refractivity contribution in [2.45, 2.75) is 31.3 Å². The zero-order valence-corrected chi connectivity index (χ0v) is 12.9. The van der Waals surface area contributed by atoms with Gasteiger partial charge < -0.3 is 5.32 Å². The van der Waals surface area contributed by atoms with Crippen molar-refractivity contribution in [2.75, 3.05) is 14.1 Å². The van der Waals surface area contributed by atoms with E-state index in [4.69, 9.17) is 11.6 Å². The molecular formula is C12H18ClFN2O2S. The average Bonchev–Trinajstić information content (AvgIpc) is 2.33. The first-order valence-electron chi connectivity index (χ1n) is 5.82. The molecule has 0 fully saturated rings. The molecule has 0 aliphatic heterocycles. The number of hydrogen-bond donors (Lipinski definition) is 1. The van der Waals surface area contributed by atoms with Crippen molar-refractivity contribution in [1.82, 2.24) is 9.62 Å². The summed E-state index contributed by atoms with van der Waals surface area (Å²) in [7, 11) is -0.573. The predicted octanol–water partition coefficient (Wildman–Crippen LogP) is 2.23. The van der Waals surface area contributed by atoms with E-state index in [9.17, 15) is 12.8 Å². The third-order valence-electron chi connectivity index (χ3n) is 2.85. The number of benzene rings is 1. The second-order valence-electron chi connectivity index (χ2n) is 4.52. The number of halogens is 2. The lowest BCUT2D eigenvalue weighted by molar-refractivity contribution is 0.410. The smallest absolute Gasteiger partial charge is 0.243 e. The highest BCUT2D eigenvalue weighted by molar-refractivity contribution is 7.89. The third kappa shape index (κ3) is 3.45. The minimum Gasteiger partial charge on any atom is -0.316 e. The van der Waals surface area contributed by atoms with Gasteiger partial charge in [-0.3, -0.25) is 0 Å². The zero-order valence-electron chi connectivity index (χ0n) is 11.4. The number of nitrogens with one attached hydrogen (secondary N) is 1. The minimum absolute atomic E-state index is 0.0551. The van der Waals surface area contributed by atoms with E-state index in [2.05, 4.69) is 5.32 Å². The van der Waals surface area contributed by atoms with Crippen LogP contribution in [0, 0.1) is 5.82 Å². The summed E-state index contributed by atoms with van der Waals surface area (Å²) >= 11 is 5.81. The minimum atomic E-state index is -3.71. The molecule has 0 atom stereocenters. The van der Waals surface area contributed by atoms with Gasteiger partial charge in [-0.05, 0) is 38.6 Å². The number of rotatable bonds is 5. The molecule has 1 N–H and O–H groups in total. The van der Waals surface area contributed by atoms with Gasteiger partial charge >= 0.3 is 0 Å². The van der Waals surface area contributed by atoms with Crippen LogP contribution in [0.25, 0.3) is 0 Å². The van der Waals surface area contributed by atoms with Crippen molar-refractivity contribution < 1.29 is 12.8 Å². The van der Waals surface area contributed by atoms with Crippen LogP contribution in [-0.4, -0.2) is 32.9 Å². The summed E-state index contributed by atoms with van der Waals surface area (Å²) in [4.78, 5) is -0.0872. The molecule has 0 aromatic heterocycles. The second kappa shape index (κ2) is 6.17. The van der Waals surface area contributed by atoms with Crippen LogP contribution in [0.1, 0.15) is 19.4 Å². The molecule has 0 saturated carbocycles. The van der Waals surface area contributed by atoms with Crippen molar-refractivity contribution in [2.24, 2.45) is 0 Å². The Morgan fingerprint density at radius 1 is 1.42 bits per heavy atom. The van der Waals surface area contributed by atoms with E-state index < -0.39 is 15.8 Å². The molecular weight excluding hydrogens is 291 g/mol. The highest BCUT2D eigenvalue weighted by Crippen LogP contribution is 2.26. The molecule has 0 aliphatic carbocycles. The molecule has 0 aliphatic rings. The molecule has 0 heterocycles. The van der Waals surface area contributed by atoms with Crippen LogP contribution >= 0.6 is 11.6 Å². The Balaban J connectivity index is 3.36. The van der Waals surface area contributed by atoms with E-state index in [0.717, 1.165) is 6.07 Å². The molecule has 0 bridgehead atoms. The lowest BCUT2D eigenvalue weighted by Crippen LogP contribution is -2.33. The van der Waals surface area contributed by atoms with Crippen LogP contribution in [0.4, 0.5) is 4.39 Å². The van der Waals surface area contributed by atoms with Crippen molar-refractivity contribution in [3.8, 4) is 0 Å². The Hall–Kier alpha value is -0.690. The van der Waals surface area contributed by atoms with E-state index in [1.165, 1.54) is 17.4 Å². The van der Waals surface area contributed by atoms with Gasteiger partial charge in [0.15, 0.2) is 0 Å². The van der Waals surface area contributed by atoms with Gasteiger partial charge in [-0.25, -0.2) is 12.8 Å². The molecule has 0 radical (unpaired) electrons. The van der Waals surface area contributed by atoms with Crippen molar-refractivity contribution >= 4 is 21.6 Å². The van der Waals surface area contributed by atoms with Gasteiger partial charge in [0.2, 0.25) is 10.0 Å². The van der Waals surface area contributed by atoms with Gasteiger partial charge in [-0.1, -0.05) is 11.6 Å². The molecule has 4 nitrogen and oxygen atoms in total. The summed E-state index contributed by atoms with van der Waals surface area (Å²) in [6, 6.07) is 2.14. The van der Waals surface area contributed by atoms with Gasteiger partial charge in [0.1, 0.15) is 5.82 Å². The summed E-state index contributed by atoms with van der Waals surface area (Å²) in [6.07, 6.45) is 0. The Morgan fingerprint density at radius 2 is 2.00 bits per heavy atom. The molecule has 1 aromatic carbocycles. The Bertz CT molecular complexity index is 561. The highest BCUT2D eigenvalue weighted by Gasteiger charge is 2.25. The molecule has 0 amide bonds. The zero-order chi connectivity index (χ0) is 14.8. The van der Waals surface area contributed by atoms with E-state index >= 15 is 0 Å².